The molecule has 0 fully saturated rings. The van der Waals surface area contributed by atoms with Crippen molar-refractivity contribution in [2.45, 2.75) is 13.0 Å². The smallest absolute Gasteiger partial charge is 0.344 e. The van der Waals surface area contributed by atoms with Gasteiger partial charge in [0.25, 0.3) is 0 Å². The van der Waals surface area contributed by atoms with Gasteiger partial charge in [-0.15, -0.1) is 0 Å². The van der Waals surface area contributed by atoms with Crippen LogP contribution in [0.5, 0.6) is 11.5 Å². The number of hydrogen-bond donors (Lipinski definition) is 1. The Balaban J connectivity index is 2.88. The summed E-state index contributed by atoms with van der Waals surface area (Å²) in [5.41, 5.74) is 0. The van der Waals surface area contributed by atoms with E-state index < -0.39 is 12.1 Å². The first kappa shape index (κ1) is 11.7. The molecule has 1 aromatic rings. The summed E-state index contributed by atoms with van der Waals surface area (Å²) in [5, 5.41) is 9.01. The number of carboxylic acid groups (broad SMARTS) is 1. The van der Waals surface area contributed by atoms with Crippen molar-refractivity contribution < 1.29 is 19.4 Å². The van der Waals surface area contributed by atoms with Gasteiger partial charge >= 0.3 is 5.97 Å². The molecule has 1 rings (SSSR count). The van der Waals surface area contributed by atoms with Crippen LogP contribution >= 0.6 is 11.6 Å². The van der Waals surface area contributed by atoms with Gasteiger partial charge in [0, 0.05) is 6.07 Å². The minimum Gasteiger partial charge on any atom is -0.497 e. The molecule has 0 radical (unpaired) electrons. The Bertz CT molecular complexity index is 364. The van der Waals surface area contributed by atoms with Crippen LogP contribution in [0.3, 0.4) is 0 Å². The Hall–Kier alpha value is -1.42. The van der Waals surface area contributed by atoms with Gasteiger partial charge in [0.1, 0.15) is 11.5 Å². The molecule has 82 valence electrons. The summed E-state index contributed by atoms with van der Waals surface area (Å²) >= 11 is 5.83. The minimum absolute atomic E-state index is 0.297. The Morgan fingerprint density at radius 3 is 2.73 bits per heavy atom. The van der Waals surface area contributed by atoms with Gasteiger partial charge in [0.05, 0.1) is 12.1 Å². The molecule has 1 N–H and O–H groups in total. The molecule has 0 heterocycles. The number of aliphatic carboxylic acids is 1. The maximum Gasteiger partial charge on any atom is 0.344 e. The van der Waals surface area contributed by atoms with Crippen LogP contribution in [0.25, 0.3) is 0 Å². The highest BCUT2D eigenvalue weighted by molar-refractivity contribution is 6.32. The summed E-state index contributed by atoms with van der Waals surface area (Å²) in [4.78, 5) is 10.6. The number of rotatable bonds is 4. The van der Waals surface area contributed by atoms with Crippen molar-refractivity contribution in [3.63, 3.8) is 0 Å². The highest BCUT2D eigenvalue weighted by Crippen LogP contribution is 2.29. The molecule has 0 aliphatic heterocycles. The quantitative estimate of drug-likeness (QED) is 0.862. The van der Waals surface area contributed by atoms with Crippen molar-refractivity contribution in [3.8, 4) is 11.5 Å². The molecule has 0 spiro atoms. The molecule has 0 saturated carbocycles. The van der Waals surface area contributed by atoms with Gasteiger partial charge in [0.15, 0.2) is 6.10 Å². The lowest BCUT2D eigenvalue weighted by atomic mass is 10.3. The zero-order valence-corrected chi connectivity index (χ0v) is 9.12. The number of halogens is 1. The van der Waals surface area contributed by atoms with Crippen LogP contribution in [0, 0.1) is 0 Å². The van der Waals surface area contributed by atoms with Crippen molar-refractivity contribution in [1.29, 1.82) is 0 Å². The fraction of sp³-hybridized carbons (Fsp3) is 0.300. The van der Waals surface area contributed by atoms with Gasteiger partial charge in [-0.3, -0.25) is 0 Å². The second-order valence-corrected chi connectivity index (χ2v) is 3.30. The van der Waals surface area contributed by atoms with E-state index in [4.69, 9.17) is 26.2 Å². The first-order valence-electron chi connectivity index (χ1n) is 4.27. The first-order chi connectivity index (χ1) is 7.04. The van der Waals surface area contributed by atoms with E-state index in [9.17, 15) is 4.79 Å². The Labute approximate surface area is 92.4 Å². The number of carbonyl (C=O) groups is 1. The van der Waals surface area contributed by atoms with E-state index in [-0.39, 0.29) is 0 Å². The summed E-state index contributed by atoms with van der Waals surface area (Å²) in [7, 11) is 1.51. The van der Waals surface area contributed by atoms with E-state index in [0.29, 0.717) is 16.5 Å². The summed E-state index contributed by atoms with van der Waals surface area (Å²) in [6.45, 7) is 1.43. The van der Waals surface area contributed by atoms with Crippen LogP contribution < -0.4 is 9.47 Å². The molecular weight excluding hydrogens is 220 g/mol. The number of methoxy groups -OCH3 is 1. The summed E-state index contributed by atoms with van der Waals surface area (Å²) in [6.07, 6.45) is -0.949. The van der Waals surface area contributed by atoms with E-state index in [0.717, 1.165) is 0 Å². The maximum absolute atomic E-state index is 10.6. The van der Waals surface area contributed by atoms with Crippen molar-refractivity contribution in [2.24, 2.45) is 0 Å². The maximum atomic E-state index is 10.6. The average molecular weight is 231 g/mol. The SMILES string of the molecule is COc1ccc(Cl)c(OC(C)C(=O)O)c1. The zero-order valence-electron chi connectivity index (χ0n) is 8.36. The van der Waals surface area contributed by atoms with Crippen LogP contribution in [0.4, 0.5) is 0 Å². The Morgan fingerprint density at radius 2 is 2.20 bits per heavy atom. The van der Waals surface area contributed by atoms with Crippen molar-refractivity contribution in [1.82, 2.24) is 0 Å². The second-order valence-electron chi connectivity index (χ2n) is 2.89. The van der Waals surface area contributed by atoms with Gasteiger partial charge in [-0.1, -0.05) is 11.6 Å². The van der Waals surface area contributed by atoms with Crippen LogP contribution in [0.1, 0.15) is 6.92 Å². The van der Waals surface area contributed by atoms with E-state index in [1.54, 1.807) is 18.2 Å². The topological polar surface area (TPSA) is 55.8 Å². The molecule has 0 aliphatic carbocycles. The molecule has 1 unspecified atom stereocenters. The molecule has 1 aromatic carbocycles. The highest BCUT2D eigenvalue weighted by atomic mass is 35.5. The molecular formula is C10H11ClO4. The Morgan fingerprint density at radius 1 is 1.53 bits per heavy atom. The second kappa shape index (κ2) is 4.89. The normalized spacial score (nSPS) is 11.9. The van der Waals surface area contributed by atoms with E-state index in [1.807, 2.05) is 0 Å². The fourth-order valence-corrected chi connectivity index (χ4v) is 1.10. The van der Waals surface area contributed by atoms with Crippen molar-refractivity contribution in [2.75, 3.05) is 7.11 Å². The lowest BCUT2D eigenvalue weighted by Gasteiger charge is -2.12. The predicted octanol–water partition coefficient (Wildman–Crippen LogP) is 2.20. The molecule has 0 bridgehead atoms. The van der Waals surface area contributed by atoms with E-state index in [1.165, 1.54) is 14.0 Å². The van der Waals surface area contributed by atoms with Gasteiger partial charge in [-0.2, -0.15) is 0 Å². The highest BCUT2D eigenvalue weighted by Gasteiger charge is 2.14. The average Bonchev–Trinajstić information content (AvgIpc) is 2.21. The van der Waals surface area contributed by atoms with Crippen molar-refractivity contribution >= 4 is 17.6 Å². The van der Waals surface area contributed by atoms with E-state index in [2.05, 4.69) is 0 Å². The van der Waals surface area contributed by atoms with Gasteiger partial charge in [0.2, 0.25) is 0 Å². The molecule has 0 saturated heterocycles. The zero-order chi connectivity index (χ0) is 11.4. The van der Waals surface area contributed by atoms with Crippen LogP contribution in [0.2, 0.25) is 5.02 Å². The molecule has 0 aliphatic rings. The van der Waals surface area contributed by atoms with E-state index >= 15 is 0 Å². The Kier molecular flexibility index (Phi) is 3.80. The van der Waals surface area contributed by atoms with Gasteiger partial charge in [-0.25, -0.2) is 4.79 Å². The minimum atomic E-state index is -1.05. The fourth-order valence-electron chi connectivity index (χ4n) is 0.942. The third-order valence-corrected chi connectivity index (χ3v) is 2.10. The molecule has 5 heteroatoms. The van der Waals surface area contributed by atoms with Crippen LogP contribution in [-0.2, 0) is 4.79 Å². The lowest BCUT2D eigenvalue weighted by Crippen LogP contribution is -2.22. The number of benzene rings is 1. The predicted molar refractivity (Wildman–Crippen MR) is 55.7 cm³/mol. The molecule has 1 atom stereocenters. The molecule has 0 aromatic heterocycles. The number of carboxylic acids is 1. The molecule has 0 amide bonds. The summed E-state index contributed by atoms with van der Waals surface area (Å²) in [6, 6.07) is 4.80. The monoisotopic (exact) mass is 230 g/mol. The largest absolute Gasteiger partial charge is 0.497 e. The number of ether oxygens (including phenoxy) is 2. The van der Waals surface area contributed by atoms with Gasteiger partial charge < -0.3 is 14.6 Å². The third kappa shape index (κ3) is 3.02. The molecule has 15 heavy (non-hydrogen) atoms. The van der Waals surface area contributed by atoms with Crippen LogP contribution in [0.15, 0.2) is 18.2 Å². The first-order valence-corrected chi connectivity index (χ1v) is 4.65. The van der Waals surface area contributed by atoms with Crippen LogP contribution in [-0.4, -0.2) is 24.3 Å². The number of hydrogen-bond acceptors (Lipinski definition) is 3. The van der Waals surface area contributed by atoms with Gasteiger partial charge in [-0.05, 0) is 19.1 Å². The van der Waals surface area contributed by atoms with Crippen molar-refractivity contribution in [3.05, 3.63) is 23.2 Å². The molecule has 4 nitrogen and oxygen atoms in total. The summed E-state index contributed by atoms with van der Waals surface area (Å²) < 4.78 is 10.1. The lowest BCUT2D eigenvalue weighted by molar-refractivity contribution is -0.144. The standard InChI is InChI=1S/C10H11ClO4/c1-6(10(12)13)15-9-5-7(14-2)3-4-8(9)11/h3-6H,1-2H3,(H,12,13). The third-order valence-electron chi connectivity index (χ3n) is 1.79. The summed E-state index contributed by atoms with van der Waals surface area (Å²) in [5.74, 6) is -0.188.